The summed E-state index contributed by atoms with van der Waals surface area (Å²) in [5.41, 5.74) is 5.65. The Balaban J connectivity index is 1.41. The predicted octanol–water partition coefficient (Wildman–Crippen LogP) is 6.35. The number of nitrogens with one attached hydrogen (secondary N) is 3. The van der Waals surface area contributed by atoms with E-state index < -0.39 is 5.41 Å². The van der Waals surface area contributed by atoms with Crippen LogP contribution in [-0.2, 0) is 4.79 Å². The average molecular weight is 506 g/mol. The Hall–Kier alpha value is -4.92. The fourth-order valence-electron chi connectivity index (χ4n) is 4.28. The smallest absolute Gasteiger partial charge is 0.229 e. The summed E-state index contributed by atoms with van der Waals surface area (Å²) < 4.78 is 14.5. The van der Waals surface area contributed by atoms with Crippen molar-refractivity contribution >= 4 is 33.5 Å². The first kappa shape index (κ1) is 23.5. The summed E-state index contributed by atoms with van der Waals surface area (Å²) in [6.45, 7) is 5.59. The second-order valence-corrected chi connectivity index (χ2v) is 10.1. The minimum Gasteiger partial charge on any atom is -0.335 e. The molecule has 0 saturated heterocycles. The molecule has 6 aromatic rings. The van der Waals surface area contributed by atoms with Crippen LogP contribution in [0, 0.1) is 11.2 Å². The highest BCUT2D eigenvalue weighted by molar-refractivity contribution is 5.98. The average Bonchev–Trinajstić information content (AvgIpc) is 3.52. The fraction of sp³-hybridized carbons (Fsp3) is 0.138. The van der Waals surface area contributed by atoms with Crippen molar-refractivity contribution in [3.05, 3.63) is 79.1 Å². The lowest BCUT2D eigenvalue weighted by atomic mass is 9.95. The summed E-state index contributed by atoms with van der Waals surface area (Å²) >= 11 is 0. The third-order valence-electron chi connectivity index (χ3n) is 6.36. The van der Waals surface area contributed by atoms with Crippen LogP contribution >= 0.6 is 0 Å². The van der Waals surface area contributed by atoms with Crippen molar-refractivity contribution in [3.8, 4) is 33.8 Å². The van der Waals surface area contributed by atoms with Gasteiger partial charge in [-0.25, -0.2) is 9.37 Å². The summed E-state index contributed by atoms with van der Waals surface area (Å²) in [4.78, 5) is 29.1. The minimum absolute atomic E-state index is 0.0850. The van der Waals surface area contributed by atoms with Gasteiger partial charge in [0.1, 0.15) is 17.0 Å². The van der Waals surface area contributed by atoms with Gasteiger partial charge in [0.2, 0.25) is 5.91 Å². The second kappa shape index (κ2) is 8.88. The van der Waals surface area contributed by atoms with Crippen LogP contribution in [0.15, 0.2) is 73.3 Å². The van der Waals surface area contributed by atoms with E-state index in [0.717, 1.165) is 22.0 Å². The summed E-state index contributed by atoms with van der Waals surface area (Å²) in [6.07, 6.45) is 6.66. The number of pyridine rings is 2. The highest BCUT2D eigenvalue weighted by Gasteiger charge is 2.21. The molecule has 188 valence electrons. The van der Waals surface area contributed by atoms with Gasteiger partial charge in [0.25, 0.3) is 0 Å². The molecule has 0 unspecified atom stereocenters. The Kier molecular flexibility index (Phi) is 5.48. The lowest BCUT2D eigenvalue weighted by molar-refractivity contribution is -0.123. The van der Waals surface area contributed by atoms with Crippen LogP contribution in [-0.4, -0.2) is 36.0 Å². The number of halogens is 1. The van der Waals surface area contributed by atoms with Crippen LogP contribution in [0.4, 0.5) is 10.1 Å². The number of carbonyl (C=O) groups excluding carboxylic acids is 1. The zero-order chi connectivity index (χ0) is 26.4. The number of imidazole rings is 1. The molecule has 0 aliphatic heterocycles. The van der Waals surface area contributed by atoms with Crippen LogP contribution in [0.3, 0.4) is 0 Å². The van der Waals surface area contributed by atoms with Crippen LogP contribution in [0.25, 0.3) is 55.7 Å². The maximum atomic E-state index is 14.5. The number of benzene rings is 2. The molecule has 0 atom stereocenters. The second-order valence-electron chi connectivity index (χ2n) is 10.1. The zero-order valence-corrected chi connectivity index (χ0v) is 21.0. The fourth-order valence-corrected chi connectivity index (χ4v) is 4.28. The van der Waals surface area contributed by atoms with Gasteiger partial charge in [-0.1, -0.05) is 45.0 Å². The number of amides is 1. The third kappa shape index (κ3) is 4.17. The van der Waals surface area contributed by atoms with Crippen LogP contribution in [0.5, 0.6) is 0 Å². The van der Waals surface area contributed by atoms with Gasteiger partial charge >= 0.3 is 0 Å². The van der Waals surface area contributed by atoms with Crippen molar-refractivity contribution in [1.82, 2.24) is 30.1 Å². The maximum absolute atomic E-state index is 14.5. The van der Waals surface area contributed by atoms with E-state index in [2.05, 4.69) is 30.5 Å². The SMILES string of the molecule is CC(C)(C)C(=O)Nc1cncc(-c2ccc3[nH]nc(-c4nc5c(-c6ccccc6F)cncc5[nH]4)c3c2)c1. The van der Waals surface area contributed by atoms with Gasteiger partial charge in [0.05, 0.1) is 29.1 Å². The number of fused-ring (bicyclic) bond motifs is 2. The Labute approximate surface area is 217 Å². The van der Waals surface area contributed by atoms with E-state index in [-0.39, 0.29) is 11.7 Å². The van der Waals surface area contributed by atoms with Crippen molar-refractivity contribution in [1.29, 1.82) is 0 Å². The molecular weight excluding hydrogens is 481 g/mol. The Morgan fingerprint density at radius 2 is 1.71 bits per heavy atom. The molecule has 0 bridgehead atoms. The molecule has 6 rings (SSSR count). The van der Waals surface area contributed by atoms with Gasteiger partial charge in [-0.3, -0.25) is 19.9 Å². The molecule has 38 heavy (non-hydrogen) atoms. The van der Waals surface area contributed by atoms with Gasteiger partial charge < -0.3 is 10.3 Å². The molecule has 3 N–H and O–H groups in total. The first-order valence-corrected chi connectivity index (χ1v) is 12.1. The van der Waals surface area contributed by atoms with E-state index in [4.69, 9.17) is 4.98 Å². The molecule has 0 spiro atoms. The predicted molar refractivity (Wildman–Crippen MR) is 146 cm³/mol. The van der Waals surface area contributed by atoms with E-state index in [0.29, 0.717) is 39.4 Å². The van der Waals surface area contributed by atoms with Crippen LogP contribution in [0.1, 0.15) is 20.8 Å². The van der Waals surface area contributed by atoms with Crippen molar-refractivity contribution < 1.29 is 9.18 Å². The number of aromatic amines is 2. The van der Waals surface area contributed by atoms with Crippen molar-refractivity contribution in [2.24, 2.45) is 5.41 Å². The number of carbonyl (C=O) groups is 1. The van der Waals surface area contributed by atoms with Crippen molar-refractivity contribution in [2.75, 3.05) is 5.32 Å². The van der Waals surface area contributed by atoms with Gasteiger partial charge in [-0.15, -0.1) is 0 Å². The first-order chi connectivity index (χ1) is 18.3. The highest BCUT2D eigenvalue weighted by Crippen LogP contribution is 2.33. The molecule has 4 aromatic heterocycles. The van der Waals surface area contributed by atoms with Crippen LogP contribution in [0.2, 0.25) is 0 Å². The van der Waals surface area contributed by atoms with Gasteiger partial charge in [-0.05, 0) is 29.8 Å². The Morgan fingerprint density at radius 1 is 0.895 bits per heavy atom. The maximum Gasteiger partial charge on any atom is 0.229 e. The standard InChI is InChI=1S/C29H24FN7O/c1-29(2,3)28(38)33-18-10-17(12-31-13-18)16-8-9-23-20(11-16)26(37-36-23)27-34-24-15-32-14-21(25(24)35-27)19-6-4-5-7-22(19)30/h4-15H,1-3H3,(H,33,38)(H,34,35)(H,36,37). The normalized spacial score (nSPS) is 11.8. The molecule has 0 aliphatic carbocycles. The number of anilines is 1. The monoisotopic (exact) mass is 505 g/mol. The summed E-state index contributed by atoms with van der Waals surface area (Å²) in [6, 6.07) is 14.4. The Bertz CT molecular complexity index is 1830. The molecule has 2 aromatic carbocycles. The third-order valence-corrected chi connectivity index (χ3v) is 6.36. The molecule has 0 aliphatic rings. The molecule has 4 heterocycles. The molecular formula is C29H24FN7O. The topological polar surface area (TPSA) is 112 Å². The van der Waals surface area contributed by atoms with Crippen LogP contribution < -0.4 is 5.32 Å². The van der Waals surface area contributed by atoms with Crippen molar-refractivity contribution in [3.63, 3.8) is 0 Å². The quantitative estimate of drug-likeness (QED) is 0.258. The molecule has 9 heteroatoms. The summed E-state index contributed by atoms with van der Waals surface area (Å²) in [5.74, 6) is 0.118. The van der Waals surface area contributed by atoms with Gasteiger partial charge in [0.15, 0.2) is 5.82 Å². The van der Waals surface area contributed by atoms with E-state index in [1.54, 1.807) is 43.0 Å². The number of hydrogen-bond donors (Lipinski definition) is 3. The Morgan fingerprint density at radius 3 is 2.53 bits per heavy atom. The lowest BCUT2D eigenvalue weighted by Gasteiger charge is -2.17. The highest BCUT2D eigenvalue weighted by atomic mass is 19.1. The van der Waals surface area contributed by atoms with Crippen molar-refractivity contribution in [2.45, 2.75) is 20.8 Å². The van der Waals surface area contributed by atoms with E-state index >= 15 is 0 Å². The number of H-pyrrole nitrogens is 2. The summed E-state index contributed by atoms with van der Waals surface area (Å²) in [7, 11) is 0. The molecule has 0 fully saturated rings. The van der Waals surface area contributed by atoms with Gasteiger partial charge in [-0.2, -0.15) is 5.10 Å². The number of nitrogens with zero attached hydrogens (tertiary/aromatic N) is 4. The van der Waals surface area contributed by atoms with E-state index in [9.17, 15) is 9.18 Å². The molecule has 1 amide bonds. The van der Waals surface area contributed by atoms with E-state index in [1.165, 1.54) is 6.07 Å². The first-order valence-electron chi connectivity index (χ1n) is 12.1. The molecule has 0 saturated carbocycles. The zero-order valence-electron chi connectivity index (χ0n) is 21.0. The number of rotatable bonds is 4. The largest absolute Gasteiger partial charge is 0.335 e. The summed E-state index contributed by atoms with van der Waals surface area (Å²) in [5, 5.41) is 11.4. The number of aromatic nitrogens is 6. The molecule has 0 radical (unpaired) electrons. The van der Waals surface area contributed by atoms with Gasteiger partial charge in [0, 0.05) is 39.9 Å². The minimum atomic E-state index is -0.519. The lowest BCUT2D eigenvalue weighted by Crippen LogP contribution is -2.27. The van der Waals surface area contributed by atoms with E-state index in [1.807, 2.05) is 45.0 Å². The molecule has 8 nitrogen and oxygen atoms in total. The number of hydrogen-bond acceptors (Lipinski definition) is 5.